The molecule has 0 bridgehead atoms. The van der Waals surface area contributed by atoms with E-state index in [9.17, 15) is 0 Å². The Kier molecular flexibility index (Phi) is 4.33. The van der Waals surface area contributed by atoms with E-state index in [4.69, 9.17) is 5.73 Å². The van der Waals surface area contributed by atoms with Crippen molar-refractivity contribution in [2.24, 2.45) is 0 Å². The van der Waals surface area contributed by atoms with Gasteiger partial charge in [0.2, 0.25) is 0 Å². The number of nitrogen functional groups attached to an aromatic ring is 1. The van der Waals surface area contributed by atoms with Crippen LogP contribution in [0.3, 0.4) is 0 Å². The average molecular weight is 261 g/mol. The molecule has 1 atom stereocenters. The number of aromatic nitrogens is 1. The van der Waals surface area contributed by atoms with Gasteiger partial charge in [0, 0.05) is 12.2 Å². The molecule has 0 fully saturated rings. The number of likely N-dealkylation sites (N-methyl/N-ethyl adjacent to an activating group) is 1. The molecule has 4 heteroatoms. The van der Waals surface area contributed by atoms with Crippen molar-refractivity contribution in [2.45, 2.75) is 26.3 Å². The number of nitrogens with zero attached hydrogens (tertiary/aromatic N) is 1. The van der Waals surface area contributed by atoms with Crippen LogP contribution in [0.1, 0.15) is 29.7 Å². The Morgan fingerprint density at radius 3 is 2.89 bits per heavy atom. The molecule has 3 N–H and O–H groups in total. The number of hydrogen-bond donors (Lipinski definition) is 2. The maximum atomic E-state index is 5.73. The largest absolute Gasteiger partial charge is 0.384 e. The summed E-state index contributed by atoms with van der Waals surface area (Å²) in [7, 11) is 0. The zero-order valence-electron chi connectivity index (χ0n) is 10.8. The predicted molar refractivity (Wildman–Crippen MR) is 77.8 cm³/mol. The van der Waals surface area contributed by atoms with E-state index in [1.165, 1.54) is 16.7 Å². The number of aryl methyl sites for hydroxylation is 1. The third-order valence-corrected chi connectivity index (χ3v) is 3.89. The molecule has 0 spiro atoms. The second kappa shape index (κ2) is 5.98. The average Bonchev–Trinajstić information content (AvgIpc) is 2.75. The van der Waals surface area contributed by atoms with Gasteiger partial charge in [0.15, 0.2) is 0 Å². The Bertz CT molecular complexity index is 507. The quantitative estimate of drug-likeness (QED) is 0.870. The summed E-state index contributed by atoms with van der Waals surface area (Å²) in [5.74, 6) is 0.588. The zero-order chi connectivity index (χ0) is 13.0. The summed E-state index contributed by atoms with van der Waals surface area (Å²) in [6, 6.07) is 4.33. The molecule has 0 aliphatic rings. The normalized spacial score (nSPS) is 12.6. The van der Waals surface area contributed by atoms with Crippen molar-refractivity contribution >= 4 is 17.2 Å². The summed E-state index contributed by atoms with van der Waals surface area (Å²) in [5.41, 5.74) is 9.69. The highest BCUT2D eigenvalue weighted by atomic mass is 32.1. The molecular weight excluding hydrogens is 242 g/mol. The van der Waals surface area contributed by atoms with E-state index in [0.717, 1.165) is 13.0 Å². The topological polar surface area (TPSA) is 50.9 Å². The van der Waals surface area contributed by atoms with Gasteiger partial charge in [-0.15, -0.1) is 0 Å². The number of nitrogens with one attached hydrogen (secondary N) is 1. The van der Waals surface area contributed by atoms with Crippen molar-refractivity contribution in [2.75, 3.05) is 12.3 Å². The van der Waals surface area contributed by atoms with E-state index < -0.39 is 0 Å². The van der Waals surface area contributed by atoms with Gasteiger partial charge in [0.05, 0.1) is 0 Å². The molecule has 0 aromatic carbocycles. The van der Waals surface area contributed by atoms with E-state index in [2.05, 4.69) is 34.9 Å². The van der Waals surface area contributed by atoms with Gasteiger partial charge in [-0.05, 0) is 59.5 Å². The van der Waals surface area contributed by atoms with Crippen LogP contribution in [0.4, 0.5) is 5.82 Å². The molecule has 0 amide bonds. The molecule has 2 aromatic heterocycles. The molecule has 3 nitrogen and oxygen atoms in total. The lowest BCUT2D eigenvalue weighted by molar-refractivity contribution is 0.549. The highest BCUT2D eigenvalue weighted by Crippen LogP contribution is 2.25. The molecule has 96 valence electrons. The summed E-state index contributed by atoms with van der Waals surface area (Å²) in [6.45, 7) is 5.26. The maximum Gasteiger partial charge on any atom is 0.123 e. The standard InChI is InChI=1S/C14H19N3S/c1-3-16-13(12-9-18-8-10(12)2)6-11-4-5-17-14(15)7-11/h4-5,7-9,13,16H,3,6H2,1-2H3,(H2,15,17). The van der Waals surface area contributed by atoms with Crippen molar-refractivity contribution in [1.82, 2.24) is 10.3 Å². The maximum absolute atomic E-state index is 5.73. The van der Waals surface area contributed by atoms with Crippen LogP contribution in [-0.4, -0.2) is 11.5 Å². The molecule has 1 unspecified atom stereocenters. The van der Waals surface area contributed by atoms with Gasteiger partial charge in [0.1, 0.15) is 5.82 Å². The van der Waals surface area contributed by atoms with E-state index in [1.54, 1.807) is 17.5 Å². The Balaban J connectivity index is 2.19. The van der Waals surface area contributed by atoms with Crippen LogP contribution in [0.5, 0.6) is 0 Å². The van der Waals surface area contributed by atoms with Gasteiger partial charge >= 0.3 is 0 Å². The van der Waals surface area contributed by atoms with Crippen LogP contribution in [0.25, 0.3) is 0 Å². The molecule has 0 aliphatic carbocycles. The summed E-state index contributed by atoms with van der Waals surface area (Å²) in [4.78, 5) is 4.03. The monoisotopic (exact) mass is 261 g/mol. The first-order valence-electron chi connectivity index (χ1n) is 6.17. The molecule has 2 rings (SSSR count). The number of pyridine rings is 1. The zero-order valence-corrected chi connectivity index (χ0v) is 11.6. The first-order valence-corrected chi connectivity index (χ1v) is 7.11. The first-order chi connectivity index (χ1) is 8.70. The summed E-state index contributed by atoms with van der Waals surface area (Å²) >= 11 is 1.76. The first kappa shape index (κ1) is 13.1. The SMILES string of the molecule is CCNC(Cc1ccnc(N)c1)c1cscc1C. The van der Waals surface area contributed by atoms with Crippen LogP contribution in [0.15, 0.2) is 29.1 Å². The number of hydrogen-bond acceptors (Lipinski definition) is 4. The van der Waals surface area contributed by atoms with Crippen LogP contribution in [-0.2, 0) is 6.42 Å². The summed E-state index contributed by atoms with van der Waals surface area (Å²) < 4.78 is 0. The lowest BCUT2D eigenvalue weighted by Gasteiger charge is -2.18. The van der Waals surface area contributed by atoms with Crippen molar-refractivity contribution in [1.29, 1.82) is 0 Å². The van der Waals surface area contributed by atoms with Gasteiger partial charge in [0.25, 0.3) is 0 Å². The smallest absolute Gasteiger partial charge is 0.123 e. The number of thiophene rings is 1. The number of anilines is 1. The lowest BCUT2D eigenvalue weighted by atomic mass is 9.99. The minimum atomic E-state index is 0.350. The molecule has 0 aliphatic heterocycles. The van der Waals surface area contributed by atoms with E-state index in [1.807, 2.05) is 12.1 Å². The Labute approximate surface area is 112 Å². The van der Waals surface area contributed by atoms with Gasteiger partial charge in [-0.3, -0.25) is 0 Å². The fourth-order valence-electron chi connectivity index (χ4n) is 2.12. The predicted octanol–water partition coefficient (Wildman–Crippen LogP) is 2.93. The number of nitrogens with two attached hydrogens (primary N) is 1. The highest BCUT2D eigenvalue weighted by molar-refractivity contribution is 7.08. The van der Waals surface area contributed by atoms with E-state index >= 15 is 0 Å². The van der Waals surface area contributed by atoms with Gasteiger partial charge in [-0.25, -0.2) is 4.98 Å². The second-order valence-electron chi connectivity index (χ2n) is 4.41. The van der Waals surface area contributed by atoms with Crippen molar-refractivity contribution < 1.29 is 0 Å². The van der Waals surface area contributed by atoms with Crippen molar-refractivity contribution in [3.8, 4) is 0 Å². The minimum absolute atomic E-state index is 0.350. The van der Waals surface area contributed by atoms with Gasteiger partial charge in [-0.2, -0.15) is 11.3 Å². The Morgan fingerprint density at radius 2 is 2.28 bits per heavy atom. The van der Waals surface area contributed by atoms with E-state index in [0.29, 0.717) is 11.9 Å². The molecular formula is C14H19N3S. The molecule has 0 saturated heterocycles. The second-order valence-corrected chi connectivity index (χ2v) is 5.16. The van der Waals surface area contributed by atoms with Gasteiger partial charge in [-0.1, -0.05) is 6.92 Å². The number of rotatable bonds is 5. The van der Waals surface area contributed by atoms with E-state index in [-0.39, 0.29) is 0 Å². The van der Waals surface area contributed by atoms with Crippen molar-refractivity contribution in [3.05, 3.63) is 45.8 Å². The molecule has 18 heavy (non-hydrogen) atoms. The third-order valence-electron chi connectivity index (χ3n) is 3.01. The fourth-order valence-corrected chi connectivity index (χ4v) is 3.03. The Morgan fingerprint density at radius 1 is 1.44 bits per heavy atom. The molecule has 0 radical (unpaired) electrons. The summed E-state index contributed by atoms with van der Waals surface area (Å²) in [6.07, 6.45) is 2.71. The summed E-state index contributed by atoms with van der Waals surface area (Å²) in [5, 5.41) is 7.96. The molecule has 0 saturated carbocycles. The van der Waals surface area contributed by atoms with Crippen LogP contribution in [0.2, 0.25) is 0 Å². The third kappa shape index (κ3) is 3.09. The van der Waals surface area contributed by atoms with Gasteiger partial charge < -0.3 is 11.1 Å². The van der Waals surface area contributed by atoms with Crippen LogP contribution < -0.4 is 11.1 Å². The highest BCUT2D eigenvalue weighted by Gasteiger charge is 2.14. The van der Waals surface area contributed by atoms with Crippen molar-refractivity contribution in [3.63, 3.8) is 0 Å². The molecule has 2 aromatic rings. The van der Waals surface area contributed by atoms with Crippen LogP contribution >= 0.6 is 11.3 Å². The lowest BCUT2D eigenvalue weighted by Crippen LogP contribution is -2.23. The van der Waals surface area contributed by atoms with Crippen LogP contribution in [0, 0.1) is 6.92 Å². The fraction of sp³-hybridized carbons (Fsp3) is 0.357. The molecule has 2 heterocycles. The Hall–Kier alpha value is -1.39. The minimum Gasteiger partial charge on any atom is -0.384 e.